The van der Waals surface area contributed by atoms with Crippen molar-refractivity contribution < 1.29 is 9.47 Å². The Kier molecular flexibility index (Phi) is 1.88. The predicted molar refractivity (Wildman–Crippen MR) is 50.0 cm³/mol. The van der Waals surface area contributed by atoms with E-state index >= 15 is 0 Å². The van der Waals surface area contributed by atoms with Crippen molar-refractivity contribution in [1.29, 1.82) is 0 Å². The van der Waals surface area contributed by atoms with Crippen molar-refractivity contribution in [3.05, 3.63) is 24.3 Å². The molecule has 0 bridgehead atoms. The van der Waals surface area contributed by atoms with Crippen molar-refractivity contribution >= 4 is 0 Å². The lowest BCUT2D eigenvalue weighted by atomic mass is 10.3. The molecule has 0 aliphatic carbocycles. The van der Waals surface area contributed by atoms with Gasteiger partial charge in [-0.25, -0.2) is 0 Å². The third-order valence-corrected chi connectivity index (χ3v) is 2.00. The molecular weight excluding hydrogens is 166 g/mol. The zero-order valence-electron chi connectivity index (χ0n) is 7.83. The van der Waals surface area contributed by atoms with E-state index in [1.165, 1.54) is 0 Å². The second kappa shape index (κ2) is 2.92. The quantitative estimate of drug-likeness (QED) is 0.744. The van der Waals surface area contributed by atoms with Gasteiger partial charge in [0.2, 0.25) is 0 Å². The van der Waals surface area contributed by atoms with Crippen LogP contribution in [-0.2, 0) is 0 Å². The van der Waals surface area contributed by atoms with Gasteiger partial charge in [-0.2, -0.15) is 0 Å². The third-order valence-electron chi connectivity index (χ3n) is 2.00. The van der Waals surface area contributed by atoms with Crippen LogP contribution < -0.4 is 14.8 Å². The molecule has 1 aliphatic heterocycles. The number of fused-ring (bicyclic) bond motifs is 1. The number of hydrogen-bond donors (Lipinski definition) is 1. The summed E-state index contributed by atoms with van der Waals surface area (Å²) < 4.78 is 11.3. The van der Waals surface area contributed by atoms with Crippen LogP contribution in [-0.4, -0.2) is 19.4 Å². The molecule has 0 atom stereocenters. The summed E-state index contributed by atoms with van der Waals surface area (Å²) in [7, 11) is 1.88. The van der Waals surface area contributed by atoms with Crippen molar-refractivity contribution in [2.24, 2.45) is 0 Å². The molecule has 0 amide bonds. The zero-order chi connectivity index (χ0) is 9.31. The summed E-state index contributed by atoms with van der Waals surface area (Å²) in [6.07, 6.45) is 0. The number of hydrogen-bond acceptors (Lipinski definition) is 3. The molecule has 1 N–H and O–H groups in total. The Morgan fingerprint density at radius 1 is 1.23 bits per heavy atom. The van der Waals surface area contributed by atoms with Gasteiger partial charge in [-0.3, -0.25) is 0 Å². The molecule has 0 saturated carbocycles. The first-order chi connectivity index (χ1) is 6.23. The molecule has 3 heteroatoms. The van der Waals surface area contributed by atoms with Gasteiger partial charge in [-0.1, -0.05) is 12.1 Å². The first-order valence-electron chi connectivity index (χ1n) is 4.35. The van der Waals surface area contributed by atoms with Gasteiger partial charge in [-0.15, -0.1) is 0 Å². The molecule has 0 radical (unpaired) electrons. The number of likely N-dealkylation sites (N-methyl/N-ethyl adjacent to an activating group) is 1. The van der Waals surface area contributed by atoms with E-state index in [0.29, 0.717) is 6.54 Å². The maximum absolute atomic E-state index is 5.65. The Morgan fingerprint density at radius 2 is 1.77 bits per heavy atom. The number of ether oxygens (including phenoxy) is 2. The van der Waals surface area contributed by atoms with Gasteiger partial charge in [-0.05, 0) is 19.2 Å². The molecule has 2 rings (SSSR count). The van der Waals surface area contributed by atoms with E-state index in [1.54, 1.807) is 0 Å². The van der Waals surface area contributed by atoms with Crippen LogP contribution in [0.5, 0.6) is 11.5 Å². The molecule has 3 nitrogen and oxygen atoms in total. The summed E-state index contributed by atoms with van der Waals surface area (Å²) in [4.78, 5) is 0. The van der Waals surface area contributed by atoms with Crippen molar-refractivity contribution in [1.82, 2.24) is 5.32 Å². The lowest BCUT2D eigenvalue weighted by Crippen LogP contribution is -2.43. The van der Waals surface area contributed by atoms with Gasteiger partial charge in [0.1, 0.15) is 0 Å². The first kappa shape index (κ1) is 8.38. The second-order valence-corrected chi connectivity index (χ2v) is 3.31. The molecule has 70 valence electrons. The van der Waals surface area contributed by atoms with Gasteiger partial charge in [0, 0.05) is 6.92 Å². The molecule has 1 aliphatic rings. The van der Waals surface area contributed by atoms with Crippen LogP contribution in [0.25, 0.3) is 0 Å². The average Bonchev–Trinajstić information content (AvgIpc) is 2.40. The maximum Gasteiger partial charge on any atom is 0.261 e. The molecule has 0 aromatic heterocycles. The Balaban J connectivity index is 2.21. The Hall–Kier alpha value is -1.22. The highest BCUT2D eigenvalue weighted by Crippen LogP contribution is 2.38. The minimum absolute atomic E-state index is 0.557. The molecule has 0 unspecified atom stereocenters. The third kappa shape index (κ3) is 1.47. The van der Waals surface area contributed by atoms with Gasteiger partial charge in [0.05, 0.1) is 6.54 Å². The number of para-hydroxylation sites is 2. The molecule has 0 fully saturated rings. The highest BCUT2D eigenvalue weighted by Gasteiger charge is 2.35. The summed E-state index contributed by atoms with van der Waals surface area (Å²) in [6, 6.07) is 7.70. The van der Waals surface area contributed by atoms with Crippen LogP contribution >= 0.6 is 0 Å². The lowest BCUT2D eigenvalue weighted by molar-refractivity contribution is -0.0576. The van der Waals surface area contributed by atoms with Crippen LogP contribution in [0.2, 0.25) is 0 Å². The monoisotopic (exact) mass is 179 g/mol. The van der Waals surface area contributed by atoms with Crippen molar-refractivity contribution in [3.63, 3.8) is 0 Å². The summed E-state index contributed by atoms with van der Waals surface area (Å²) in [5, 5.41) is 3.03. The molecule has 1 heterocycles. The van der Waals surface area contributed by atoms with Gasteiger partial charge < -0.3 is 14.8 Å². The fourth-order valence-electron chi connectivity index (χ4n) is 1.50. The molecule has 0 spiro atoms. The van der Waals surface area contributed by atoms with E-state index in [1.807, 2.05) is 38.2 Å². The zero-order valence-corrected chi connectivity index (χ0v) is 7.83. The van der Waals surface area contributed by atoms with Gasteiger partial charge in [0.25, 0.3) is 5.79 Å². The average molecular weight is 179 g/mol. The maximum atomic E-state index is 5.65. The smallest absolute Gasteiger partial charge is 0.261 e. The molecule has 1 aromatic rings. The molecule has 13 heavy (non-hydrogen) atoms. The largest absolute Gasteiger partial charge is 0.447 e. The van der Waals surface area contributed by atoms with E-state index in [2.05, 4.69) is 5.32 Å². The topological polar surface area (TPSA) is 30.5 Å². The van der Waals surface area contributed by atoms with Crippen LogP contribution in [0.15, 0.2) is 24.3 Å². The molecule has 1 aromatic carbocycles. The summed E-state index contributed by atoms with van der Waals surface area (Å²) >= 11 is 0. The number of rotatable bonds is 2. The Labute approximate surface area is 77.7 Å². The minimum atomic E-state index is -0.557. The number of benzene rings is 1. The SMILES string of the molecule is CNCC1(C)Oc2ccccc2O1. The van der Waals surface area contributed by atoms with Gasteiger partial charge in [0.15, 0.2) is 11.5 Å². The minimum Gasteiger partial charge on any atom is -0.447 e. The Bertz CT molecular complexity index is 287. The van der Waals surface area contributed by atoms with E-state index < -0.39 is 5.79 Å². The standard InChI is InChI=1S/C10H13NO2/c1-10(7-11-2)12-8-5-3-4-6-9(8)13-10/h3-6,11H,7H2,1-2H3. The fourth-order valence-corrected chi connectivity index (χ4v) is 1.50. The van der Waals surface area contributed by atoms with Crippen LogP contribution in [0.4, 0.5) is 0 Å². The van der Waals surface area contributed by atoms with Crippen molar-refractivity contribution in [2.75, 3.05) is 13.6 Å². The van der Waals surface area contributed by atoms with Crippen molar-refractivity contribution in [2.45, 2.75) is 12.7 Å². The Morgan fingerprint density at radius 3 is 2.23 bits per heavy atom. The lowest BCUT2D eigenvalue weighted by Gasteiger charge is -2.22. The first-order valence-corrected chi connectivity index (χ1v) is 4.35. The fraction of sp³-hybridized carbons (Fsp3) is 0.400. The predicted octanol–water partition coefficient (Wildman–Crippen LogP) is 1.39. The van der Waals surface area contributed by atoms with Crippen LogP contribution in [0.1, 0.15) is 6.92 Å². The van der Waals surface area contributed by atoms with E-state index in [4.69, 9.17) is 9.47 Å². The highest BCUT2D eigenvalue weighted by molar-refractivity contribution is 5.42. The highest BCUT2D eigenvalue weighted by atomic mass is 16.7. The van der Waals surface area contributed by atoms with Gasteiger partial charge >= 0.3 is 0 Å². The van der Waals surface area contributed by atoms with Crippen LogP contribution in [0, 0.1) is 0 Å². The summed E-state index contributed by atoms with van der Waals surface area (Å²) in [5.74, 6) is 1.08. The van der Waals surface area contributed by atoms with E-state index in [0.717, 1.165) is 11.5 Å². The van der Waals surface area contributed by atoms with Crippen molar-refractivity contribution in [3.8, 4) is 11.5 Å². The summed E-state index contributed by atoms with van der Waals surface area (Å²) in [6.45, 7) is 2.59. The number of nitrogens with one attached hydrogen (secondary N) is 1. The van der Waals surface area contributed by atoms with Crippen LogP contribution in [0.3, 0.4) is 0 Å². The molecular formula is C10H13NO2. The molecule has 0 saturated heterocycles. The second-order valence-electron chi connectivity index (χ2n) is 3.31. The van der Waals surface area contributed by atoms with E-state index in [-0.39, 0.29) is 0 Å². The summed E-state index contributed by atoms with van der Waals surface area (Å²) in [5.41, 5.74) is 0. The normalized spacial score (nSPS) is 17.4. The van der Waals surface area contributed by atoms with E-state index in [9.17, 15) is 0 Å².